The summed E-state index contributed by atoms with van der Waals surface area (Å²) in [5, 5.41) is 22.5. The number of hydrogen-bond donors (Lipinski definition) is 0. The number of rotatable bonds is 6. The van der Waals surface area contributed by atoms with E-state index in [0.29, 0.717) is 11.1 Å². The summed E-state index contributed by atoms with van der Waals surface area (Å²) in [5.41, 5.74) is 0.221. The summed E-state index contributed by atoms with van der Waals surface area (Å²) >= 11 is 11.9. The van der Waals surface area contributed by atoms with Crippen LogP contribution in [-0.2, 0) is 0 Å². The summed E-state index contributed by atoms with van der Waals surface area (Å²) in [6.07, 6.45) is 0. The van der Waals surface area contributed by atoms with Crippen LogP contribution in [0, 0.1) is 20.2 Å². The first-order valence-corrected chi connectivity index (χ1v) is 7.76. The SMILES string of the molecule is COc1ccc(C(=C(Cl)Cl)c2ccc(OC)c([N+](=O)[O-])c2)cc1[N+](=O)[O-]. The molecule has 0 atom stereocenters. The minimum Gasteiger partial charge on any atom is -0.490 e. The maximum atomic E-state index is 11.2. The Bertz CT molecular complexity index is 842. The fourth-order valence-corrected chi connectivity index (χ4v) is 2.80. The van der Waals surface area contributed by atoms with Crippen molar-refractivity contribution in [1.82, 2.24) is 0 Å². The van der Waals surface area contributed by atoms with E-state index in [2.05, 4.69) is 0 Å². The summed E-state index contributed by atoms with van der Waals surface area (Å²) in [5.74, 6) is 0.119. The van der Waals surface area contributed by atoms with Gasteiger partial charge in [-0.1, -0.05) is 35.3 Å². The number of nitro benzene ring substituents is 2. The smallest absolute Gasteiger partial charge is 0.311 e. The van der Waals surface area contributed by atoms with Gasteiger partial charge in [-0.2, -0.15) is 0 Å². The lowest BCUT2D eigenvalue weighted by Crippen LogP contribution is -1.98. The largest absolute Gasteiger partial charge is 0.490 e. The third-order valence-electron chi connectivity index (χ3n) is 3.52. The fourth-order valence-electron chi connectivity index (χ4n) is 2.36. The number of benzene rings is 2. The van der Waals surface area contributed by atoms with Crippen LogP contribution in [0.15, 0.2) is 40.9 Å². The van der Waals surface area contributed by atoms with E-state index in [9.17, 15) is 20.2 Å². The summed E-state index contributed by atoms with van der Waals surface area (Å²) in [7, 11) is 2.61. The topological polar surface area (TPSA) is 105 Å². The molecule has 0 unspecified atom stereocenters. The van der Waals surface area contributed by atoms with Crippen molar-refractivity contribution in [2.75, 3.05) is 14.2 Å². The highest BCUT2D eigenvalue weighted by atomic mass is 35.5. The predicted octanol–water partition coefficient (Wildman–Crippen LogP) is 4.71. The van der Waals surface area contributed by atoms with E-state index in [4.69, 9.17) is 32.7 Å². The van der Waals surface area contributed by atoms with E-state index in [1.165, 1.54) is 50.6 Å². The van der Waals surface area contributed by atoms with Crippen LogP contribution in [0.2, 0.25) is 0 Å². The van der Waals surface area contributed by atoms with Gasteiger partial charge in [0.2, 0.25) is 0 Å². The highest BCUT2D eigenvalue weighted by Gasteiger charge is 2.22. The molecule has 8 nitrogen and oxygen atoms in total. The maximum Gasteiger partial charge on any atom is 0.311 e. The minimum atomic E-state index is -0.613. The Labute approximate surface area is 157 Å². The molecule has 0 aromatic heterocycles. The van der Waals surface area contributed by atoms with E-state index in [1.54, 1.807) is 0 Å². The highest BCUT2D eigenvalue weighted by Crippen LogP contribution is 2.38. The van der Waals surface area contributed by atoms with Gasteiger partial charge < -0.3 is 9.47 Å². The van der Waals surface area contributed by atoms with Gasteiger partial charge in [0.1, 0.15) is 4.49 Å². The third-order valence-corrected chi connectivity index (χ3v) is 3.90. The van der Waals surface area contributed by atoms with Crippen LogP contribution < -0.4 is 9.47 Å². The summed E-state index contributed by atoms with van der Waals surface area (Å²) in [6, 6.07) is 8.28. The Kier molecular flexibility index (Phi) is 6.01. The molecule has 0 amide bonds. The summed E-state index contributed by atoms with van der Waals surface area (Å²) in [6.45, 7) is 0. The van der Waals surface area contributed by atoms with Crippen LogP contribution in [0.5, 0.6) is 11.5 Å². The average molecular weight is 399 g/mol. The second-order valence-corrected chi connectivity index (χ2v) is 5.87. The van der Waals surface area contributed by atoms with Crippen molar-refractivity contribution in [2.24, 2.45) is 0 Å². The molecule has 2 rings (SSSR count). The molecule has 0 heterocycles. The number of nitro groups is 2. The van der Waals surface area contributed by atoms with Gasteiger partial charge in [0.25, 0.3) is 0 Å². The zero-order valence-corrected chi connectivity index (χ0v) is 15.1. The molecule has 26 heavy (non-hydrogen) atoms. The van der Waals surface area contributed by atoms with Crippen molar-refractivity contribution in [2.45, 2.75) is 0 Å². The Morgan fingerprint density at radius 3 is 1.50 bits per heavy atom. The quantitative estimate of drug-likeness (QED) is 0.514. The molecule has 0 aliphatic carbocycles. The number of halogens is 2. The van der Waals surface area contributed by atoms with Crippen LogP contribution in [0.4, 0.5) is 11.4 Å². The first-order valence-electron chi connectivity index (χ1n) is 7.01. The Balaban J connectivity index is 2.68. The molecule has 0 radical (unpaired) electrons. The normalized spacial score (nSPS) is 10.2. The van der Waals surface area contributed by atoms with E-state index in [-0.39, 0.29) is 32.9 Å². The molecule has 2 aromatic rings. The molecule has 136 valence electrons. The van der Waals surface area contributed by atoms with Crippen molar-refractivity contribution in [3.8, 4) is 11.5 Å². The molecule has 0 spiro atoms. The first-order chi connectivity index (χ1) is 12.3. The van der Waals surface area contributed by atoms with Crippen molar-refractivity contribution in [3.05, 3.63) is 72.2 Å². The maximum absolute atomic E-state index is 11.2. The highest BCUT2D eigenvalue weighted by molar-refractivity contribution is 6.59. The molecule has 0 aliphatic heterocycles. The van der Waals surface area contributed by atoms with Crippen molar-refractivity contribution in [1.29, 1.82) is 0 Å². The Hall–Kier alpha value is -2.84. The molecule has 0 aliphatic rings. The van der Waals surface area contributed by atoms with Gasteiger partial charge >= 0.3 is 11.4 Å². The Morgan fingerprint density at radius 2 is 1.23 bits per heavy atom. The lowest BCUT2D eigenvalue weighted by Gasteiger charge is -2.11. The number of ether oxygens (including phenoxy) is 2. The second-order valence-electron chi connectivity index (χ2n) is 4.92. The van der Waals surface area contributed by atoms with Crippen LogP contribution in [0.1, 0.15) is 11.1 Å². The van der Waals surface area contributed by atoms with Crippen molar-refractivity contribution >= 4 is 40.1 Å². The average Bonchev–Trinajstić information content (AvgIpc) is 2.61. The molecule has 2 aromatic carbocycles. The molecular formula is C16H12Cl2N2O6. The van der Waals surface area contributed by atoms with Crippen LogP contribution in [0.3, 0.4) is 0 Å². The summed E-state index contributed by atoms with van der Waals surface area (Å²) in [4.78, 5) is 21.2. The van der Waals surface area contributed by atoms with Gasteiger partial charge in [-0.25, -0.2) is 0 Å². The molecule has 0 saturated carbocycles. The Morgan fingerprint density at radius 1 is 0.846 bits per heavy atom. The lowest BCUT2D eigenvalue weighted by atomic mass is 9.98. The second kappa shape index (κ2) is 8.03. The zero-order valence-electron chi connectivity index (χ0n) is 13.6. The number of nitrogens with zero attached hydrogens (tertiary/aromatic N) is 2. The van der Waals surface area contributed by atoms with Crippen LogP contribution in [-0.4, -0.2) is 24.1 Å². The van der Waals surface area contributed by atoms with Crippen molar-refractivity contribution in [3.63, 3.8) is 0 Å². The molecule has 0 fully saturated rings. The monoisotopic (exact) mass is 398 g/mol. The standard InChI is InChI=1S/C16H12Cl2N2O6/c1-25-13-5-3-9(7-11(13)19(21)22)15(16(17)18)10-4-6-14(26-2)12(8-10)20(23)24/h3-8H,1-2H3. The first kappa shape index (κ1) is 19.5. The van der Waals surface area contributed by atoms with E-state index in [1.807, 2.05) is 0 Å². The molecule has 0 N–H and O–H groups in total. The van der Waals surface area contributed by atoms with Gasteiger partial charge in [0.05, 0.1) is 24.1 Å². The molecule has 0 bridgehead atoms. The molecule has 0 saturated heterocycles. The lowest BCUT2D eigenvalue weighted by molar-refractivity contribution is -0.385. The predicted molar refractivity (Wildman–Crippen MR) is 97.0 cm³/mol. The van der Waals surface area contributed by atoms with E-state index < -0.39 is 9.85 Å². The minimum absolute atomic E-state index is 0.0597. The fraction of sp³-hybridized carbons (Fsp3) is 0.125. The third kappa shape index (κ3) is 3.87. The number of hydrogen-bond acceptors (Lipinski definition) is 6. The van der Waals surface area contributed by atoms with E-state index >= 15 is 0 Å². The van der Waals surface area contributed by atoms with Gasteiger partial charge in [0, 0.05) is 17.7 Å². The molecular weight excluding hydrogens is 387 g/mol. The van der Waals surface area contributed by atoms with Gasteiger partial charge in [-0.15, -0.1) is 0 Å². The van der Waals surface area contributed by atoms with Gasteiger partial charge in [-0.05, 0) is 23.3 Å². The molecule has 10 heteroatoms. The summed E-state index contributed by atoms with van der Waals surface area (Å²) < 4.78 is 9.71. The zero-order chi connectivity index (χ0) is 19.4. The van der Waals surface area contributed by atoms with E-state index in [0.717, 1.165) is 0 Å². The van der Waals surface area contributed by atoms with Gasteiger partial charge in [-0.3, -0.25) is 20.2 Å². The van der Waals surface area contributed by atoms with Crippen molar-refractivity contribution < 1.29 is 19.3 Å². The van der Waals surface area contributed by atoms with Crippen LogP contribution in [0.25, 0.3) is 5.57 Å². The number of methoxy groups -OCH3 is 2. The van der Waals surface area contributed by atoms with Crippen LogP contribution >= 0.6 is 23.2 Å². The van der Waals surface area contributed by atoms with Gasteiger partial charge in [0.15, 0.2) is 11.5 Å².